The third kappa shape index (κ3) is 1.84. The van der Waals surface area contributed by atoms with Crippen molar-refractivity contribution >= 4 is 0 Å². The van der Waals surface area contributed by atoms with Crippen LogP contribution in [0.3, 0.4) is 0 Å². The van der Waals surface area contributed by atoms with Crippen LogP contribution in [0, 0.1) is 4.91 Å². The predicted octanol–water partition coefficient (Wildman–Crippen LogP) is -2.45. The zero-order valence-electron chi connectivity index (χ0n) is 6.65. The fourth-order valence-electron chi connectivity index (χ4n) is 1.20. The van der Waals surface area contributed by atoms with Gasteiger partial charge < -0.3 is 25.2 Å². The van der Waals surface area contributed by atoms with Gasteiger partial charge in [0.15, 0.2) is 12.3 Å². The lowest BCUT2D eigenvalue weighted by molar-refractivity contribution is -0.248. The highest BCUT2D eigenvalue weighted by molar-refractivity contribution is 4.92. The minimum absolute atomic E-state index is 0.555. The van der Waals surface area contributed by atoms with E-state index in [-0.39, 0.29) is 0 Å². The third-order valence-corrected chi connectivity index (χ3v) is 1.99. The third-order valence-electron chi connectivity index (χ3n) is 1.99. The summed E-state index contributed by atoms with van der Waals surface area (Å²) in [5.41, 5.74) is 0. The molecule has 0 bridgehead atoms. The van der Waals surface area contributed by atoms with Crippen LogP contribution in [0.4, 0.5) is 0 Å². The van der Waals surface area contributed by atoms with Gasteiger partial charge >= 0.3 is 0 Å². The van der Waals surface area contributed by atoms with E-state index in [9.17, 15) is 15.1 Å². The van der Waals surface area contributed by atoms with Gasteiger partial charge in [0.25, 0.3) is 0 Å². The highest BCUT2D eigenvalue weighted by Gasteiger charge is 2.44. The van der Waals surface area contributed by atoms with Crippen LogP contribution >= 0.6 is 0 Å². The first-order valence-electron chi connectivity index (χ1n) is 3.74. The molecule has 1 heterocycles. The molecule has 13 heavy (non-hydrogen) atoms. The van der Waals surface area contributed by atoms with E-state index in [2.05, 4.69) is 9.91 Å². The van der Waals surface area contributed by atoms with E-state index < -0.39 is 37.3 Å². The fraction of sp³-hybridized carbons (Fsp3) is 1.00. The van der Waals surface area contributed by atoms with Gasteiger partial charge in [-0.3, -0.25) is 0 Å². The molecule has 0 saturated carbocycles. The van der Waals surface area contributed by atoms with Gasteiger partial charge in [0, 0.05) is 0 Å². The number of aliphatic hydroxyl groups is 4. The fourth-order valence-corrected chi connectivity index (χ4v) is 1.20. The first-order chi connectivity index (χ1) is 6.11. The number of rotatable bonds is 2. The molecule has 0 aromatic rings. The Morgan fingerprint density at radius 3 is 2.31 bits per heavy atom. The topological polar surface area (TPSA) is 120 Å². The van der Waals surface area contributed by atoms with Crippen molar-refractivity contribution in [2.24, 2.45) is 5.18 Å². The normalized spacial score (nSPS) is 46.0. The maximum atomic E-state index is 10.1. The van der Waals surface area contributed by atoms with E-state index in [4.69, 9.17) is 10.2 Å². The molecule has 5 atom stereocenters. The monoisotopic (exact) mass is 193 g/mol. The number of nitrogens with zero attached hydrogens (tertiary/aromatic N) is 1. The van der Waals surface area contributed by atoms with E-state index in [1.165, 1.54) is 0 Å². The molecule has 1 rings (SSSR count). The van der Waals surface area contributed by atoms with Gasteiger partial charge in [0.1, 0.15) is 18.3 Å². The predicted molar refractivity (Wildman–Crippen MR) is 39.6 cm³/mol. The quantitative estimate of drug-likeness (QED) is 0.361. The van der Waals surface area contributed by atoms with Gasteiger partial charge in [-0.2, -0.15) is 4.91 Å². The molecule has 1 saturated heterocycles. The lowest BCUT2D eigenvalue weighted by Crippen LogP contribution is -2.57. The molecule has 0 aliphatic carbocycles. The summed E-state index contributed by atoms with van der Waals surface area (Å²) < 4.78 is 4.62. The number of hydrogen-bond donors (Lipinski definition) is 4. The van der Waals surface area contributed by atoms with Gasteiger partial charge in [-0.25, -0.2) is 0 Å². The van der Waals surface area contributed by atoms with E-state index >= 15 is 0 Å². The van der Waals surface area contributed by atoms with Crippen molar-refractivity contribution in [2.45, 2.75) is 30.6 Å². The molecule has 7 heteroatoms. The molecule has 4 unspecified atom stereocenters. The van der Waals surface area contributed by atoms with Crippen LogP contribution in [0.15, 0.2) is 5.18 Å². The van der Waals surface area contributed by atoms with Crippen LogP contribution in [0.5, 0.6) is 0 Å². The molecule has 0 amide bonds. The minimum atomic E-state index is -1.59. The summed E-state index contributed by atoms with van der Waals surface area (Å²) in [4.78, 5) is 10.1. The Labute approximate surface area is 73.5 Å². The highest BCUT2D eigenvalue weighted by Crippen LogP contribution is 2.21. The standard InChI is InChI=1S/C6H11NO6/c8-1-2-4(9)5(10)3(7-12)6(11)13-2/h2-6,8-11H,1H2/t2?,3?,4?,5?,6-/m1/s1. The summed E-state index contributed by atoms with van der Waals surface area (Å²) in [5.74, 6) is 0. The van der Waals surface area contributed by atoms with Crippen LogP contribution in [-0.4, -0.2) is 57.7 Å². The largest absolute Gasteiger partial charge is 0.394 e. The lowest BCUT2D eigenvalue weighted by Gasteiger charge is -2.36. The number of aliphatic hydroxyl groups excluding tert-OH is 4. The van der Waals surface area contributed by atoms with Crippen molar-refractivity contribution in [3.05, 3.63) is 4.91 Å². The van der Waals surface area contributed by atoms with Crippen molar-refractivity contribution in [1.82, 2.24) is 0 Å². The number of nitroso groups, excluding NO2 is 1. The molecule has 0 radical (unpaired) electrons. The maximum Gasteiger partial charge on any atom is 0.183 e. The molecule has 7 nitrogen and oxygen atoms in total. The Morgan fingerprint density at radius 2 is 1.85 bits per heavy atom. The van der Waals surface area contributed by atoms with Gasteiger partial charge in [-0.1, -0.05) is 5.18 Å². The summed E-state index contributed by atoms with van der Waals surface area (Å²) in [5, 5.41) is 38.5. The van der Waals surface area contributed by atoms with Crippen molar-refractivity contribution < 1.29 is 25.2 Å². The van der Waals surface area contributed by atoms with E-state index in [0.717, 1.165) is 0 Å². The van der Waals surface area contributed by atoms with Crippen LogP contribution in [0.2, 0.25) is 0 Å². The minimum Gasteiger partial charge on any atom is -0.394 e. The summed E-state index contributed by atoms with van der Waals surface area (Å²) in [6.45, 7) is -0.555. The first-order valence-corrected chi connectivity index (χ1v) is 3.74. The Morgan fingerprint density at radius 1 is 1.23 bits per heavy atom. The molecule has 1 aliphatic rings. The summed E-state index contributed by atoms with van der Waals surface area (Å²) in [7, 11) is 0. The molecule has 4 N–H and O–H groups in total. The summed E-state index contributed by atoms with van der Waals surface area (Å²) in [6, 6.07) is -1.42. The van der Waals surface area contributed by atoms with Crippen molar-refractivity contribution in [1.29, 1.82) is 0 Å². The Kier molecular flexibility index (Phi) is 3.28. The Balaban J connectivity index is 2.72. The molecular formula is C6H11NO6. The Hall–Kier alpha value is -0.600. The maximum absolute atomic E-state index is 10.1. The van der Waals surface area contributed by atoms with Crippen LogP contribution in [0.1, 0.15) is 0 Å². The van der Waals surface area contributed by atoms with Gasteiger partial charge in [0.2, 0.25) is 0 Å². The SMILES string of the molecule is O=NC1C(O)C(O)C(CO)O[C@H]1O. The summed E-state index contributed by atoms with van der Waals surface area (Å²) in [6.07, 6.45) is -5.62. The first kappa shape index (κ1) is 10.5. The van der Waals surface area contributed by atoms with Gasteiger partial charge in [-0.15, -0.1) is 0 Å². The second-order valence-corrected chi connectivity index (χ2v) is 2.82. The molecule has 76 valence electrons. The number of ether oxygens (including phenoxy) is 1. The average molecular weight is 193 g/mol. The van der Waals surface area contributed by atoms with Gasteiger partial charge in [0.05, 0.1) is 6.61 Å². The lowest BCUT2D eigenvalue weighted by atomic mass is 9.98. The second-order valence-electron chi connectivity index (χ2n) is 2.82. The number of hydrogen-bond acceptors (Lipinski definition) is 7. The van der Waals surface area contributed by atoms with Gasteiger partial charge in [-0.05, 0) is 0 Å². The van der Waals surface area contributed by atoms with Crippen molar-refractivity contribution in [2.75, 3.05) is 6.61 Å². The van der Waals surface area contributed by atoms with Crippen molar-refractivity contribution in [3.8, 4) is 0 Å². The van der Waals surface area contributed by atoms with Crippen LogP contribution in [0.25, 0.3) is 0 Å². The Bertz CT molecular complexity index is 188. The van der Waals surface area contributed by atoms with Crippen LogP contribution < -0.4 is 0 Å². The van der Waals surface area contributed by atoms with E-state index in [1.807, 2.05) is 0 Å². The van der Waals surface area contributed by atoms with E-state index in [1.54, 1.807) is 0 Å². The summed E-state index contributed by atoms with van der Waals surface area (Å²) >= 11 is 0. The molecule has 0 spiro atoms. The van der Waals surface area contributed by atoms with Crippen LogP contribution in [-0.2, 0) is 4.74 Å². The second kappa shape index (κ2) is 4.07. The zero-order valence-corrected chi connectivity index (χ0v) is 6.65. The molecule has 0 aromatic carbocycles. The molecule has 1 aliphatic heterocycles. The smallest absolute Gasteiger partial charge is 0.183 e. The van der Waals surface area contributed by atoms with E-state index in [0.29, 0.717) is 0 Å². The zero-order chi connectivity index (χ0) is 10.0. The van der Waals surface area contributed by atoms with Crippen molar-refractivity contribution in [3.63, 3.8) is 0 Å². The molecule has 0 aromatic heterocycles. The molecule has 1 fully saturated rings. The molecular weight excluding hydrogens is 182 g/mol. The average Bonchev–Trinajstić information content (AvgIpc) is 2.12. The highest BCUT2D eigenvalue weighted by atomic mass is 16.6.